The van der Waals surface area contributed by atoms with E-state index < -0.39 is 23.4 Å². The maximum atomic E-state index is 13.2. The predicted molar refractivity (Wildman–Crippen MR) is 108 cm³/mol. The molecule has 3 heterocycles. The molecule has 0 spiro atoms. The fraction of sp³-hybridized carbons (Fsp3) is 0.591. The monoisotopic (exact) mass is 396 g/mol. The average Bonchev–Trinajstić information content (AvgIpc) is 3.24. The molecule has 2 N–H and O–H groups in total. The summed E-state index contributed by atoms with van der Waals surface area (Å²) in [5, 5.41) is 0. The van der Waals surface area contributed by atoms with E-state index in [0.29, 0.717) is 25.1 Å². The molecule has 4 fully saturated rings. The summed E-state index contributed by atoms with van der Waals surface area (Å²) in [5.74, 6) is -1.22. The molecule has 29 heavy (non-hydrogen) atoms. The Morgan fingerprint density at radius 3 is 2.17 bits per heavy atom. The maximum absolute atomic E-state index is 13.2. The van der Waals surface area contributed by atoms with Crippen molar-refractivity contribution in [2.24, 2.45) is 5.73 Å². The number of anilines is 1. The van der Waals surface area contributed by atoms with Gasteiger partial charge in [0.1, 0.15) is 0 Å². The summed E-state index contributed by atoms with van der Waals surface area (Å²) in [6.45, 7) is 3.84. The summed E-state index contributed by atoms with van der Waals surface area (Å²) < 4.78 is 0. The number of fused-ring (bicyclic) bond motifs is 1. The minimum Gasteiger partial charge on any atom is -0.367 e. The molecule has 154 valence electrons. The van der Waals surface area contributed by atoms with Gasteiger partial charge in [-0.3, -0.25) is 9.59 Å². The lowest BCUT2D eigenvalue weighted by Crippen LogP contribution is -2.60. The normalized spacial score (nSPS) is 28.7. The van der Waals surface area contributed by atoms with Gasteiger partial charge in [-0.25, -0.2) is 9.69 Å². The predicted octanol–water partition coefficient (Wildman–Crippen LogP) is 1.99. The number of imide groups is 1. The molecule has 0 bridgehead atoms. The minimum absolute atomic E-state index is 0.216. The number of benzene rings is 1. The summed E-state index contributed by atoms with van der Waals surface area (Å²) in [7, 11) is 0. The highest BCUT2D eigenvalue weighted by Gasteiger charge is 2.62. The molecular weight excluding hydrogens is 368 g/mol. The zero-order valence-corrected chi connectivity index (χ0v) is 16.7. The van der Waals surface area contributed by atoms with Crippen molar-refractivity contribution >= 4 is 23.5 Å². The molecule has 7 heteroatoms. The highest BCUT2D eigenvalue weighted by molar-refractivity contribution is 6.30. The molecule has 7 nitrogen and oxygen atoms in total. The fourth-order valence-electron chi connectivity index (χ4n) is 5.46. The third-order valence-electron chi connectivity index (χ3n) is 7.33. The number of likely N-dealkylation sites (tertiary alicyclic amines) is 1. The van der Waals surface area contributed by atoms with Gasteiger partial charge >= 0.3 is 6.03 Å². The van der Waals surface area contributed by atoms with E-state index >= 15 is 0 Å². The molecule has 3 saturated heterocycles. The van der Waals surface area contributed by atoms with Crippen LogP contribution in [-0.2, 0) is 15.0 Å². The number of primary amides is 1. The lowest BCUT2D eigenvalue weighted by Gasteiger charge is -2.35. The van der Waals surface area contributed by atoms with E-state index in [9.17, 15) is 14.4 Å². The van der Waals surface area contributed by atoms with Gasteiger partial charge in [-0.15, -0.1) is 0 Å². The molecule has 1 aliphatic carbocycles. The van der Waals surface area contributed by atoms with Crippen molar-refractivity contribution in [1.29, 1.82) is 0 Å². The second-order valence-corrected chi connectivity index (χ2v) is 9.07. The molecule has 4 aliphatic rings. The van der Waals surface area contributed by atoms with Crippen LogP contribution in [0.3, 0.4) is 0 Å². The van der Waals surface area contributed by atoms with Crippen molar-refractivity contribution < 1.29 is 14.4 Å². The van der Waals surface area contributed by atoms with E-state index in [2.05, 4.69) is 4.90 Å². The van der Waals surface area contributed by atoms with Crippen LogP contribution in [0.25, 0.3) is 0 Å². The van der Waals surface area contributed by atoms with E-state index in [1.54, 1.807) is 0 Å². The Morgan fingerprint density at radius 2 is 1.59 bits per heavy atom. The number of hydrogen-bond donors (Lipinski definition) is 1. The molecule has 1 aromatic carbocycles. The van der Waals surface area contributed by atoms with E-state index in [0.717, 1.165) is 17.9 Å². The van der Waals surface area contributed by atoms with Crippen molar-refractivity contribution in [2.45, 2.75) is 55.9 Å². The van der Waals surface area contributed by atoms with Gasteiger partial charge in [-0.05, 0) is 75.7 Å². The van der Waals surface area contributed by atoms with E-state index in [4.69, 9.17) is 5.73 Å². The van der Waals surface area contributed by atoms with Crippen molar-refractivity contribution in [3.63, 3.8) is 0 Å². The number of urea groups is 1. The number of carbonyl (C=O) groups excluding carboxylic acids is 3. The highest BCUT2D eigenvalue weighted by atomic mass is 16.2. The van der Waals surface area contributed by atoms with Crippen LogP contribution in [0.4, 0.5) is 10.5 Å². The lowest BCUT2D eigenvalue weighted by molar-refractivity contribution is -0.139. The number of amides is 4. The van der Waals surface area contributed by atoms with Crippen molar-refractivity contribution in [2.75, 3.05) is 31.1 Å². The summed E-state index contributed by atoms with van der Waals surface area (Å²) >= 11 is 0. The van der Waals surface area contributed by atoms with Crippen LogP contribution in [-0.4, -0.2) is 59.4 Å². The Hall–Kier alpha value is -2.41. The van der Waals surface area contributed by atoms with Gasteiger partial charge in [0, 0.05) is 18.5 Å². The third kappa shape index (κ3) is 2.70. The second-order valence-electron chi connectivity index (χ2n) is 9.07. The topological polar surface area (TPSA) is 86.9 Å². The molecule has 0 radical (unpaired) electrons. The van der Waals surface area contributed by atoms with Gasteiger partial charge in [0.15, 0.2) is 0 Å². The van der Waals surface area contributed by atoms with Crippen LogP contribution >= 0.6 is 0 Å². The quantitative estimate of drug-likeness (QED) is 0.609. The number of nitrogens with zero attached hydrogens (tertiary/aromatic N) is 3. The molecule has 4 amide bonds. The summed E-state index contributed by atoms with van der Waals surface area (Å²) in [5.41, 5.74) is 6.12. The van der Waals surface area contributed by atoms with Crippen LogP contribution in [0.2, 0.25) is 0 Å². The Kier molecular flexibility index (Phi) is 4.21. The molecule has 0 unspecified atom stereocenters. The first kappa shape index (κ1) is 18.6. The van der Waals surface area contributed by atoms with Crippen LogP contribution < -0.4 is 10.6 Å². The van der Waals surface area contributed by atoms with Gasteiger partial charge in [-0.2, -0.15) is 0 Å². The molecule has 5 rings (SSSR count). The number of hydrogen-bond acceptors (Lipinski definition) is 4. The first-order chi connectivity index (χ1) is 14.0. The smallest absolute Gasteiger partial charge is 0.332 e. The highest BCUT2D eigenvalue weighted by Crippen LogP contribution is 2.49. The second kappa shape index (κ2) is 6.55. The zero-order valence-electron chi connectivity index (χ0n) is 16.7. The van der Waals surface area contributed by atoms with Gasteiger partial charge in [-0.1, -0.05) is 12.1 Å². The van der Waals surface area contributed by atoms with Crippen molar-refractivity contribution in [1.82, 2.24) is 9.80 Å². The van der Waals surface area contributed by atoms with Crippen LogP contribution in [0.1, 0.15) is 50.5 Å². The third-order valence-corrected chi connectivity index (χ3v) is 7.33. The maximum Gasteiger partial charge on any atom is 0.332 e. The average molecular weight is 396 g/mol. The molecule has 0 aromatic heterocycles. The Bertz CT molecular complexity index is 857. The molecule has 1 aromatic rings. The molecule has 1 atom stereocenters. The first-order valence-corrected chi connectivity index (χ1v) is 10.8. The van der Waals surface area contributed by atoms with Gasteiger partial charge in [0.25, 0.3) is 11.8 Å². The molecule has 3 aliphatic heterocycles. The Morgan fingerprint density at radius 1 is 0.931 bits per heavy atom. The summed E-state index contributed by atoms with van der Waals surface area (Å²) in [4.78, 5) is 43.5. The van der Waals surface area contributed by atoms with Gasteiger partial charge in [0.2, 0.25) is 5.54 Å². The fourth-order valence-corrected chi connectivity index (χ4v) is 5.46. The van der Waals surface area contributed by atoms with Crippen LogP contribution in [0.5, 0.6) is 0 Å². The standard InChI is InChI=1S/C22H28N4O3/c23-18(27)22-9-1-2-14-25(22)20(29)26(19(22)28)17-7-5-16(6-8-17)21(10-11-21)15-24-12-3-4-13-24/h5-8H,1-4,9-15H2,(H2,23,27)/t22-/m0/s1. The number of carbonyl (C=O) groups is 3. The van der Waals surface area contributed by atoms with Crippen LogP contribution in [0, 0.1) is 0 Å². The Balaban J connectivity index is 1.41. The van der Waals surface area contributed by atoms with E-state index in [1.165, 1.54) is 49.2 Å². The number of rotatable bonds is 5. The zero-order chi connectivity index (χ0) is 20.2. The van der Waals surface area contributed by atoms with Gasteiger partial charge < -0.3 is 15.5 Å². The first-order valence-electron chi connectivity index (χ1n) is 10.8. The minimum atomic E-state index is -1.51. The lowest BCUT2D eigenvalue weighted by atomic mass is 9.86. The van der Waals surface area contributed by atoms with Crippen molar-refractivity contribution in [3.8, 4) is 0 Å². The van der Waals surface area contributed by atoms with Crippen LogP contribution in [0.15, 0.2) is 24.3 Å². The van der Waals surface area contributed by atoms with E-state index in [-0.39, 0.29) is 5.41 Å². The van der Waals surface area contributed by atoms with E-state index in [1.807, 2.05) is 24.3 Å². The summed E-state index contributed by atoms with van der Waals surface area (Å²) in [6, 6.07) is 7.37. The SMILES string of the molecule is NC(=O)[C@]12CCCCN1C(=O)N(c1ccc(C3(CN4CCCC4)CC3)cc1)C2=O. The Labute approximate surface area is 170 Å². The van der Waals surface area contributed by atoms with Crippen molar-refractivity contribution in [3.05, 3.63) is 29.8 Å². The number of nitrogens with two attached hydrogens (primary N) is 1. The summed E-state index contributed by atoms with van der Waals surface area (Å²) in [6.07, 6.45) is 6.73. The number of piperidine rings is 1. The molecular formula is C22H28N4O3. The largest absolute Gasteiger partial charge is 0.367 e. The molecule has 1 saturated carbocycles. The van der Waals surface area contributed by atoms with Gasteiger partial charge in [0.05, 0.1) is 5.69 Å².